The van der Waals surface area contributed by atoms with Gasteiger partial charge >= 0.3 is 0 Å². The number of carbonyl (C=O) groups is 1. The van der Waals surface area contributed by atoms with Crippen LogP contribution in [0.25, 0.3) is 0 Å². The van der Waals surface area contributed by atoms with Gasteiger partial charge in [0.05, 0.1) is 6.10 Å². The van der Waals surface area contributed by atoms with E-state index in [1.54, 1.807) is 0 Å². The Morgan fingerprint density at radius 2 is 1.67 bits per heavy atom. The molecule has 5 nitrogen and oxygen atoms in total. The summed E-state index contributed by atoms with van der Waals surface area (Å²) in [6.07, 6.45) is -6.11. The molecule has 0 aromatic rings. The molecule has 0 aromatic carbocycles. The van der Waals surface area contributed by atoms with Gasteiger partial charge < -0.3 is 25.2 Å². The summed E-state index contributed by atoms with van der Waals surface area (Å²) in [6.45, 7) is 0. The summed E-state index contributed by atoms with van der Waals surface area (Å²) in [4.78, 5) is 9.94. The fraction of sp³-hybridized carbons (Fsp3) is 0.833. The van der Waals surface area contributed by atoms with Gasteiger partial charge in [-0.15, -0.1) is 0 Å². The van der Waals surface area contributed by atoms with Gasteiger partial charge in [-0.3, -0.25) is 0 Å². The average Bonchev–Trinajstić information content (AvgIpc) is 2.12. The molecule has 12 heavy (non-hydrogen) atoms. The summed E-state index contributed by atoms with van der Waals surface area (Å²) >= 11 is 3.66. The van der Waals surface area contributed by atoms with Gasteiger partial charge in [-0.2, -0.15) is 12.6 Å². The van der Waals surface area contributed by atoms with Gasteiger partial charge in [0.15, 0.2) is 6.29 Å². The van der Waals surface area contributed by atoms with Crippen LogP contribution in [-0.4, -0.2) is 56.9 Å². The van der Waals surface area contributed by atoms with Gasteiger partial charge in [-0.1, -0.05) is 0 Å². The Kier molecular flexibility index (Phi) is 5.43. The molecule has 0 amide bonds. The van der Waals surface area contributed by atoms with E-state index in [1.165, 1.54) is 0 Å². The van der Waals surface area contributed by atoms with Crippen molar-refractivity contribution < 1.29 is 25.2 Å². The monoisotopic (exact) mass is 196 g/mol. The van der Waals surface area contributed by atoms with Gasteiger partial charge in [0.2, 0.25) is 0 Å². The molecule has 0 heterocycles. The van der Waals surface area contributed by atoms with Crippen LogP contribution >= 0.6 is 12.6 Å². The molecule has 0 saturated heterocycles. The lowest BCUT2D eigenvalue weighted by atomic mass is 10.1. The highest BCUT2D eigenvalue weighted by Crippen LogP contribution is 2.04. The lowest BCUT2D eigenvalue weighted by Gasteiger charge is -2.22. The number of aliphatic hydroxyl groups excluding tert-OH is 4. The first-order chi connectivity index (χ1) is 5.54. The molecule has 0 aromatic heterocycles. The quantitative estimate of drug-likeness (QED) is 0.248. The average molecular weight is 196 g/mol. The van der Waals surface area contributed by atoms with E-state index < -0.39 is 24.4 Å². The normalized spacial score (nSPS) is 21.1. The van der Waals surface area contributed by atoms with Crippen LogP contribution in [0.4, 0.5) is 0 Å². The zero-order valence-corrected chi connectivity index (χ0v) is 7.13. The number of thiol groups is 1. The second kappa shape index (κ2) is 5.50. The highest BCUT2D eigenvalue weighted by molar-refractivity contribution is 7.80. The lowest BCUT2D eigenvalue weighted by Crippen LogP contribution is -2.45. The van der Waals surface area contributed by atoms with E-state index in [0.29, 0.717) is 0 Å². The molecule has 0 saturated carbocycles. The number of aliphatic hydroxyl groups is 4. The van der Waals surface area contributed by atoms with Crippen molar-refractivity contribution >= 4 is 18.9 Å². The van der Waals surface area contributed by atoms with Gasteiger partial charge in [-0.25, -0.2) is 0 Å². The van der Waals surface area contributed by atoms with Crippen molar-refractivity contribution in [3.05, 3.63) is 0 Å². The molecule has 0 fully saturated rings. The van der Waals surface area contributed by atoms with Crippen LogP contribution < -0.4 is 0 Å². The summed E-state index contributed by atoms with van der Waals surface area (Å²) in [5, 5.41) is 35.6. The van der Waals surface area contributed by atoms with Crippen LogP contribution in [0.2, 0.25) is 0 Å². The summed E-state index contributed by atoms with van der Waals surface area (Å²) in [6, 6.07) is 0. The molecular formula is C6H12O5S. The molecule has 4 N–H and O–H groups in total. The number of rotatable bonds is 5. The maximum Gasteiger partial charge on any atom is 0.151 e. The van der Waals surface area contributed by atoms with Crippen molar-refractivity contribution in [2.75, 3.05) is 5.75 Å². The highest BCUT2D eigenvalue weighted by Gasteiger charge is 2.29. The third-order valence-corrected chi connectivity index (χ3v) is 1.79. The second-order valence-corrected chi connectivity index (χ2v) is 2.72. The summed E-state index contributed by atoms with van der Waals surface area (Å²) < 4.78 is 0. The number of hydrogen-bond acceptors (Lipinski definition) is 6. The molecule has 6 heteroatoms. The molecule has 0 unspecified atom stereocenters. The Balaban J connectivity index is 4.07. The first-order valence-electron chi connectivity index (χ1n) is 3.33. The molecule has 0 rings (SSSR count). The van der Waals surface area contributed by atoms with Crippen molar-refractivity contribution in [1.29, 1.82) is 0 Å². The Morgan fingerprint density at radius 1 is 1.17 bits per heavy atom. The van der Waals surface area contributed by atoms with E-state index in [1.807, 2.05) is 0 Å². The predicted octanol–water partition coefficient (Wildman–Crippen LogP) is -2.44. The fourth-order valence-corrected chi connectivity index (χ4v) is 0.834. The minimum absolute atomic E-state index is 0.0657. The van der Waals surface area contributed by atoms with Crippen molar-refractivity contribution in [2.24, 2.45) is 0 Å². The van der Waals surface area contributed by atoms with Crippen LogP contribution in [-0.2, 0) is 4.79 Å². The second-order valence-electron chi connectivity index (χ2n) is 2.36. The highest BCUT2D eigenvalue weighted by atomic mass is 32.1. The van der Waals surface area contributed by atoms with Crippen molar-refractivity contribution in [1.82, 2.24) is 0 Å². The maximum absolute atomic E-state index is 9.94. The zero-order chi connectivity index (χ0) is 9.72. The van der Waals surface area contributed by atoms with Crippen molar-refractivity contribution in [3.63, 3.8) is 0 Å². The van der Waals surface area contributed by atoms with E-state index >= 15 is 0 Å². The predicted molar refractivity (Wildman–Crippen MR) is 43.9 cm³/mol. The molecule has 4 atom stereocenters. The van der Waals surface area contributed by atoms with Crippen molar-refractivity contribution in [2.45, 2.75) is 24.4 Å². The van der Waals surface area contributed by atoms with Crippen LogP contribution in [0.1, 0.15) is 0 Å². The van der Waals surface area contributed by atoms with Crippen LogP contribution in [0.15, 0.2) is 0 Å². The summed E-state index contributed by atoms with van der Waals surface area (Å²) in [5.41, 5.74) is 0. The Labute approximate surface area is 75.1 Å². The van der Waals surface area contributed by atoms with E-state index in [9.17, 15) is 4.79 Å². The first kappa shape index (κ1) is 11.9. The molecule has 0 spiro atoms. The standard InChI is InChI=1S/C6H12O5S/c7-1-3(8)5(10)6(11)4(9)2-12/h1,3-6,8-12H,2H2/t3-,4-,5-,6-/m1/s1. The number of aldehydes is 1. The molecule has 0 aliphatic rings. The topological polar surface area (TPSA) is 98.0 Å². The van der Waals surface area contributed by atoms with Gasteiger partial charge in [0, 0.05) is 5.75 Å². The van der Waals surface area contributed by atoms with E-state index in [-0.39, 0.29) is 12.0 Å². The molecule has 0 aliphatic heterocycles. The largest absolute Gasteiger partial charge is 0.389 e. The van der Waals surface area contributed by atoms with Crippen LogP contribution in [0, 0.1) is 0 Å². The Bertz CT molecular complexity index is 142. The van der Waals surface area contributed by atoms with Gasteiger partial charge in [0.25, 0.3) is 0 Å². The number of hydrogen-bond donors (Lipinski definition) is 5. The Hall–Kier alpha value is -0.140. The third kappa shape index (κ3) is 3.08. The molecule has 0 aliphatic carbocycles. The van der Waals surface area contributed by atoms with E-state index in [0.717, 1.165) is 0 Å². The summed E-state index contributed by atoms with van der Waals surface area (Å²) in [7, 11) is 0. The van der Waals surface area contributed by atoms with Crippen LogP contribution in [0.3, 0.4) is 0 Å². The smallest absolute Gasteiger partial charge is 0.151 e. The SMILES string of the molecule is O=C[C@@H](O)[C@@H](O)[C@H](O)[C@H](O)CS. The van der Waals surface area contributed by atoms with Gasteiger partial charge in [0.1, 0.15) is 18.3 Å². The Morgan fingerprint density at radius 3 is 2.00 bits per heavy atom. The molecule has 72 valence electrons. The minimum Gasteiger partial charge on any atom is -0.389 e. The van der Waals surface area contributed by atoms with E-state index in [2.05, 4.69) is 12.6 Å². The molecule has 0 radical (unpaired) electrons. The van der Waals surface area contributed by atoms with Gasteiger partial charge in [-0.05, 0) is 0 Å². The lowest BCUT2D eigenvalue weighted by molar-refractivity contribution is -0.132. The zero-order valence-electron chi connectivity index (χ0n) is 6.24. The molecular weight excluding hydrogens is 184 g/mol. The fourth-order valence-electron chi connectivity index (χ4n) is 0.618. The molecule has 0 bridgehead atoms. The summed E-state index contributed by atoms with van der Waals surface area (Å²) in [5.74, 6) is -0.0657. The number of carbonyl (C=O) groups excluding carboxylic acids is 1. The third-order valence-electron chi connectivity index (χ3n) is 1.42. The van der Waals surface area contributed by atoms with E-state index in [4.69, 9.17) is 20.4 Å². The maximum atomic E-state index is 9.94. The van der Waals surface area contributed by atoms with Crippen LogP contribution in [0.5, 0.6) is 0 Å². The first-order valence-corrected chi connectivity index (χ1v) is 3.96. The minimum atomic E-state index is -1.69. The van der Waals surface area contributed by atoms with Crippen molar-refractivity contribution in [3.8, 4) is 0 Å².